The number of hydrogen-bond donors (Lipinski definition) is 3. The summed E-state index contributed by atoms with van der Waals surface area (Å²) in [5.74, 6) is -1.51. The van der Waals surface area contributed by atoms with E-state index in [2.05, 4.69) is 42.3 Å². The molecule has 8 nitrogen and oxygen atoms in total. The van der Waals surface area contributed by atoms with Gasteiger partial charge in [0, 0.05) is 21.9 Å². The van der Waals surface area contributed by atoms with E-state index in [4.69, 9.17) is 0 Å². The number of hydrogen-bond acceptors (Lipinski definition) is 5. The highest BCUT2D eigenvalue weighted by atomic mass is 79.9. The number of benzene rings is 2. The Kier molecular flexibility index (Phi) is 7.52. The molecule has 3 N–H and O–H groups in total. The van der Waals surface area contributed by atoms with Crippen molar-refractivity contribution < 1.29 is 14.4 Å². The molecule has 176 valence electrons. The zero-order chi connectivity index (χ0) is 24.1. The Hall–Kier alpha value is -3.33. The summed E-state index contributed by atoms with van der Waals surface area (Å²) in [7, 11) is 0. The summed E-state index contributed by atoms with van der Waals surface area (Å²) in [4.78, 5) is 38.7. The molecule has 9 heteroatoms. The fourth-order valence-corrected chi connectivity index (χ4v) is 4.82. The highest BCUT2D eigenvalue weighted by Gasteiger charge is 2.42. The number of nitrogens with one attached hydrogen (secondary N) is 3. The number of carbonyl (C=O) groups is 3. The van der Waals surface area contributed by atoms with Gasteiger partial charge < -0.3 is 5.32 Å². The van der Waals surface area contributed by atoms with E-state index >= 15 is 0 Å². The highest BCUT2D eigenvalue weighted by molar-refractivity contribution is 9.10. The molecule has 0 aromatic heterocycles. The molecule has 2 aromatic carbocycles. The zero-order valence-corrected chi connectivity index (χ0v) is 20.3. The van der Waals surface area contributed by atoms with Crippen molar-refractivity contribution in [1.82, 2.24) is 16.2 Å². The first-order chi connectivity index (χ1) is 16.4. The van der Waals surface area contributed by atoms with Crippen LogP contribution >= 0.6 is 15.9 Å². The van der Waals surface area contributed by atoms with Crippen LogP contribution in [-0.4, -0.2) is 35.2 Å². The summed E-state index contributed by atoms with van der Waals surface area (Å²) in [5.41, 5.74) is 7.48. The van der Waals surface area contributed by atoms with Crippen LogP contribution in [0.4, 0.5) is 0 Å². The van der Waals surface area contributed by atoms with E-state index in [0.29, 0.717) is 17.0 Å². The summed E-state index contributed by atoms with van der Waals surface area (Å²) in [6.45, 7) is 1.79. The molecule has 0 radical (unpaired) electrons. The molecular formula is C25H26BrN5O3. The summed E-state index contributed by atoms with van der Waals surface area (Å²) >= 11 is 3.43. The molecule has 0 bridgehead atoms. The van der Waals surface area contributed by atoms with Crippen molar-refractivity contribution in [3.05, 3.63) is 70.2 Å². The first kappa shape index (κ1) is 23.8. The molecule has 1 saturated carbocycles. The lowest BCUT2D eigenvalue weighted by Crippen LogP contribution is -2.57. The molecule has 1 fully saturated rings. The van der Waals surface area contributed by atoms with Gasteiger partial charge in [0.25, 0.3) is 11.8 Å². The van der Waals surface area contributed by atoms with Gasteiger partial charge in [-0.3, -0.25) is 14.4 Å². The van der Waals surface area contributed by atoms with E-state index < -0.39 is 17.9 Å². The minimum atomic E-state index is -1.07. The third-order valence-electron chi connectivity index (χ3n) is 6.22. The molecule has 0 unspecified atom stereocenters. The number of nitrogens with zero attached hydrogens (tertiary/aromatic N) is 2. The van der Waals surface area contributed by atoms with Crippen LogP contribution in [0.5, 0.6) is 0 Å². The van der Waals surface area contributed by atoms with Crippen LogP contribution < -0.4 is 16.2 Å². The lowest BCUT2D eigenvalue weighted by molar-refractivity contribution is -0.128. The summed E-state index contributed by atoms with van der Waals surface area (Å²) in [5, 5.41) is 11.3. The van der Waals surface area contributed by atoms with E-state index in [1.54, 1.807) is 31.2 Å². The van der Waals surface area contributed by atoms with Crippen LogP contribution in [0.3, 0.4) is 0 Å². The molecule has 0 spiro atoms. The molecule has 0 saturated heterocycles. The maximum atomic E-state index is 13.3. The maximum Gasteiger partial charge on any atom is 0.268 e. The number of halogens is 1. The quantitative estimate of drug-likeness (QED) is 0.398. The predicted octanol–water partition coefficient (Wildman–Crippen LogP) is 3.38. The molecule has 1 aliphatic carbocycles. The second-order valence-electron chi connectivity index (χ2n) is 8.47. The number of carbonyl (C=O) groups excluding carboxylic acids is 3. The molecule has 2 aromatic rings. The Balaban J connectivity index is 1.60. The van der Waals surface area contributed by atoms with Crippen LogP contribution in [0.1, 0.15) is 48.5 Å². The van der Waals surface area contributed by atoms with Gasteiger partial charge >= 0.3 is 0 Å². The van der Waals surface area contributed by atoms with E-state index in [-0.39, 0.29) is 17.7 Å². The van der Waals surface area contributed by atoms with Gasteiger partial charge in [-0.05, 0) is 49.6 Å². The van der Waals surface area contributed by atoms with E-state index in [1.807, 2.05) is 30.3 Å². The number of hydrazone groups is 2. The van der Waals surface area contributed by atoms with Gasteiger partial charge in [-0.1, -0.05) is 59.1 Å². The average molecular weight is 524 g/mol. The van der Waals surface area contributed by atoms with Crippen molar-refractivity contribution >= 4 is 45.1 Å². The van der Waals surface area contributed by atoms with Gasteiger partial charge in [0.15, 0.2) is 6.04 Å². The molecule has 4 rings (SSSR count). The summed E-state index contributed by atoms with van der Waals surface area (Å²) in [6, 6.07) is 15.2. The smallest absolute Gasteiger partial charge is 0.268 e. The van der Waals surface area contributed by atoms with Gasteiger partial charge in [0.2, 0.25) is 5.91 Å². The van der Waals surface area contributed by atoms with Crippen LogP contribution in [0.15, 0.2) is 69.3 Å². The Morgan fingerprint density at radius 2 is 1.76 bits per heavy atom. The third kappa shape index (κ3) is 5.41. The van der Waals surface area contributed by atoms with Crippen LogP contribution in [0, 0.1) is 11.8 Å². The van der Waals surface area contributed by atoms with E-state index in [9.17, 15) is 14.4 Å². The topological polar surface area (TPSA) is 112 Å². The first-order valence-electron chi connectivity index (χ1n) is 11.3. The zero-order valence-electron chi connectivity index (χ0n) is 18.8. The average Bonchev–Trinajstić information content (AvgIpc) is 2.87. The normalized spacial score (nSPS) is 20.9. The number of rotatable bonds is 6. The van der Waals surface area contributed by atoms with Crippen LogP contribution in [-0.2, 0) is 9.59 Å². The van der Waals surface area contributed by atoms with Crippen molar-refractivity contribution in [2.45, 2.75) is 38.6 Å². The SMILES string of the molecule is C/C(=N/NC(=O)[C@H](NC(=O)c1ccccc1)C1=NNC(=O)[C@@H]2CCCC[C@H]12)c1cccc(Br)c1. The standard InChI is InChI=1S/C25H26BrN5O3/c1-15(17-10-7-11-18(26)14-17)28-31-25(34)22(27-23(32)16-8-3-2-4-9-16)21-19-12-5-6-13-20(19)24(33)30-29-21/h2-4,7-11,14,19-20,22H,5-6,12-13H2,1H3,(H,27,32)(H,30,33)(H,31,34)/b28-15-/t19-,20+,22+/m0/s1. The third-order valence-corrected chi connectivity index (χ3v) is 6.72. The second-order valence-corrected chi connectivity index (χ2v) is 9.38. The maximum absolute atomic E-state index is 13.3. The fourth-order valence-electron chi connectivity index (χ4n) is 4.42. The molecule has 2 aliphatic rings. The second kappa shape index (κ2) is 10.7. The molecule has 3 atom stereocenters. The predicted molar refractivity (Wildman–Crippen MR) is 133 cm³/mol. The Morgan fingerprint density at radius 3 is 2.50 bits per heavy atom. The lowest BCUT2D eigenvalue weighted by Gasteiger charge is -2.36. The minimum Gasteiger partial charge on any atom is -0.335 e. The summed E-state index contributed by atoms with van der Waals surface area (Å²) < 4.78 is 0.898. The lowest BCUT2D eigenvalue weighted by atomic mass is 9.73. The monoisotopic (exact) mass is 523 g/mol. The van der Waals surface area contributed by atoms with E-state index in [1.165, 1.54) is 0 Å². The summed E-state index contributed by atoms with van der Waals surface area (Å²) in [6.07, 6.45) is 3.36. The minimum absolute atomic E-state index is 0.134. The Morgan fingerprint density at radius 1 is 1.06 bits per heavy atom. The molecule has 1 heterocycles. The number of fused-ring (bicyclic) bond motifs is 1. The Labute approximate surface area is 206 Å². The van der Waals surface area contributed by atoms with Crippen LogP contribution in [0.2, 0.25) is 0 Å². The largest absolute Gasteiger partial charge is 0.335 e. The van der Waals surface area contributed by atoms with Gasteiger partial charge in [-0.25, -0.2) is 10.9 Å². The van der Waals surface area contributed by atoms with Crippen molar-refractivity contribution in [3.63, 3.8) is 0 Å². The Bertz CT molecular complexity index is 1150. The highest BCUT2D eigenvalue weighted by Crippen LogP contribution is 2.34. The molecule has 34 heavy (non-hydrogen) atoms. The van der Waals surface area contributed by atoms with Crippen molar-refractivity contribution in [2.75, 3.05) is 0 Å². The fraction of sp³-hybridized carbons (Fsp3) is 0.320. The van der Waals surface area contributed by atoms with E-state index in [0.717, 1.165) is 35.7 Å². The van der Waals surface area contributed by atoms with Gasteiger partial charge in [0.1, 0.15) is 0 Å². The van der Waals surface area contributed by atoms with Gasteiger partial charge in [-0.15, -0.1) is 0 Å². The molecular weight excluding hydrogens is 498 g/mol. The van der Waals surface area contributed by atoms with Crippen molar-refractivity contribution in [3.8, 4) is 0 Å². The molecule has 1 aliphatic heterocycles. The van der Waals surface area contributed by atoms with Crippen molar-refractivity contribution in [1.29, 1.82) is 0 Å². The number of amides is 3. The van der Waals surface area contributed by atoms with Gasteiger partial charge in [-0.2, -0.15) is 10.2 Å². The van der Waals surface area contributed by atoms with Crippen molar-refractivity contribution in [2.24, 2.45) is 22.0 Å². The van der Waals surface area contributed by atoms with Crippen LogP contribution in [0.25, 0.3) is 0 Å². The molecule has 3 amide bonds. The first-order valence-corrected chi connectivity index (χ1v) is 12.1. The van der Waals surface area contributed by atoms with Gasteiger partial charge in [0.05, 0.1) is 11.4 Å².